The Hall–Kier alpha value is -3.80. The minimum Gasteiger partial charge on any atom is -0.483 e. The zero-order chi connectivity index (χ0) is 28.0. The summed E-state index contributed by atoms with van der Waals surface area (Å²) in [4.78, 5) is 21.9. The SMILES string of the molecule is Cc1cc(NS(=O)(=O)c2ccccc2Cl)ncc1-c1ccc2nc(NC3CCC(N)CC3)ncc2c1.O=CO. The highest BCUT2D eigenvalue weighted by molar-refractivity contribution is 7.92. The van der Waals surface area contributed by atoms with Crippen LogP contribution < -0.4 is 15.8 Å². The van der Waals surface area contributed by atoms with Gasteiger partial charge in [0.05, 0.1) is 10.5 Å². The number of nitrogens with two attached hydrogens (primary N) is 1. The molecule has 204 valence electrons. The number of benzene rings is 2. The van der Waals surface area contributed by atoms with Crippen LogP contribution in [0.25, 0.3) is 22.0 Å². The molecule has 12 heteroatoms. The van der Waals surface area contributed by atoms with Crippen LogP contribution >= 0.6 is 11.6 Å². The Morgan fingerprint density at radius 3 is 2.46 bits per heavy atom. The predicted octanol–water partition coefficient (Wildman–Crippen LogP) is 4.84. The van der Waals surface area contributed by atoms with Crippen LogP contribution in [-0.4, -0.2) is 47.0 Å². The maximum Gasteiger partial charge on any atom is 0.290 e. The van der Waals surface area contributed by atoms with E-state index in [-0.39, 0.29) is 22.2 Å². The third-order valence-electron chi connectivity index (χ3n) is 6.47. The number of pyridine rings is 1. The largest absolute Gasteiger partial charge is 0.483 e. The summed E-state index contributed by atoms with van der Waals surface area (Å²) in [5.74, 6) is 0.850. The molecule has 4 aromatic rings. The normalized spacial score (nSPS) is 17.1. The van der Waals surface area contributed by atoms with E-state index in [1.54, 1.807) is 24.4 Å². The number of nitrogens with zero attached hydrogens (tertiary/aromatic N) is 3. The summed E-state index contributed by atoms with van der Waals surface area (Å²) in [5, 5.41) is 11.4. The molecule has 5 rings (SSSR count). The molecule has 1 aliphatic carbocycles. The van der Waals surface area contributed by atoms with Gasteiger partial charge in [0.2, 0.25) is 5.95 Å². The van der Waals surface area contributed by atoms with Gasteiger partial charge in [0.1, 0.15) is 10.7 Å². The Balaban J connectivity index is 0.00000112. The van der Waals surface area contributed by atoms with Crippen molar-refractivity contribution in [3.8, 4) is 11.1 Å². The molecule has 0 unspecified atom stereocenters. The molecule has 10 nitrogen and oxygen atoms in total. The fourth-order valence-electron chi connectivity index (χ4n) is 4.49. The first-order chi connectivity index (χ1) is 18.7. The molecule has 39 heavy (non-hydrogen) atoms. The molecule has 0 atom stereocenters. The number of sulfonamides is 1. The van der Waals surface area contributed by atoms with E-state index in [0.717, 1.165) is 53.3 Å². The number of carbonyl (C=O) groups is 1. The van der Waals surface area contributed by atoms with Gasteiger partial charge in [0.25, 0.3) is 16.5 Å². The zero-order valence-corrected chi connectivity index (χ0v) is 22.8. The molecule has 0 spiro atoms. The summed E-state index contributed by atoms with van der Waals surface area (Å²) in [5.41, 5.74) is 9.55. The Morgan fingerprint density at radius 2 is 1.77 bits per heavy atom. The molecular weight excluding hydrogens is 540 g/mol. The van der Waals surface area contributed by atoms with E-state index in [0.29, 0.717) is 18.0 Å². The summed E-state index contributed by atoms with van der Waals surface area (Å²) in [6.45, 7) is 1.66. The average molecular weight is 569 g/mol. The number of aromatic nitrogens is 3. The van der Waals surface area contributed by atoms with Gasteiger partial charge in [-0.3, -0.25) is 9.52 Å². The number of hydrogen-bond donors (Lipinski definition) is 4. The third-order valence-corrected chi connectivity index (χ3v) is 8.33. The van der Waals surface area contributed by atoms with Crippen molar-refractivity contribution in [2.24, 2.45) is 5.73 Å². The Kier molecular flexibility index (Phi) is 8.95. The molecule has 0 radical (unpaired) electrons. The lowest BCUT2D eigenvalue weighted by atomic mass is 9.92. The lowest BCUT2D eigenvalue weighted by molar-refractivity contribution is -0.122. The predicted molar refractivity (Wildman–Crippen MR) is 152 cm³/mol. The Bertz CT molecular complexity index is 1580. The number of halogens is 1. The van der Waals surface area contributed by atoms with Gasteiger partial charge in [-0.25, -0.2) is 23.4 Å². The van der Waals surface area contributed by atoms with Crippen LogP contribution in [0.1, 0.15) is 31.2 Å². The van der Waals surface area contributed by atoms with Crippen molar-refractivity contribution in [1.29, 1.82) is 0 Å². The molecule has 0 aliphatic heterocycles. The molecule has 0 amide bonds. The fourth-order valence-corrected chi connectivity index (χ4v) is 6.01. The number of hydrogen-bond acceptors (Lipinski definition) is 8. The lowest BCUT2D eigenvalue weighted by Gasteiger charge is -2.26. The zero-order valence-electron chi connectivity index (χ0n) is 21.2. The Labute approximate surface area is 231 Å². The second-order valence-corrected chi connectivity index (χ2v) is 11.3. The van der Waals surface area contributed by atoms with Crippen molar-refractivity contribution in [3.05, 3.63) is 71.5 Å². The summed E-state index contributed by atoms with van der Waals surface area (Å²) in [7, 11) is -3.86. The first kappa shape index (κ1) is 28.2. The van der Waals surface area contributed by atoms with Crippen LogP contribution in [0, 0.1) is 6.92 Å². The number of carboxylic acid groups (broad SMARTS) is 1. The molecule has 0 saturated heterocycles. The first-order valence-corrected chi connectivity index (χ1v) is 14.2. The monoisotopic (exact) mass is 568 g/mol. The molecule has 1 saturated carbocycles. The fraction of sp³-hybridized carbons (Fsp3) is 0.259. The van der Waals surface area contributed by atoms with Crippen LogP contribution in [-0.2, 0) is 14.8 Å². The Morgan fingerprint density at radius 1 is 1.05 bits per heavy atom. The number of rotatable bonds is 6. The molecule has 2 heterocycles. The highest BCUT2D eigenvalue weighted by atomic mass is 35.5. The van der Waals surface area contributed by atoms with Gasteiger partial charge < -0.3 is 16.2 Å². The topological polar surface area (TPSA) is 160 Å². The van der Waals surface area contributed by atoms with E-state index in [2.05, 4.69) is 25.0 Å². The highest BCUT2D eigenvalue weighted by Gasteiger charge is 2.20. The summed E-state index contributed by atoms with van der Waals surface area (Å²) < 4.78 is 28.0. The van der Waals surface area contributed by atoms with Crippen LogP contribution in [0.4, 0.5) is 11.8 Å². The van der Waals surface area contributed by atoms with E-state index in [9.17, 15) is 8.42 Å². The minimum absolute atomic E-state index is 0.00523. The third kappa shape index (κ3) is 6.99. The smallest absolute Gasteiger partial charge is 0.290 e. The molecular formula is C27H29ClN6O4S. The number of nitrogens with one attached hydrogen (secondary N) is 2. The van der Waals surface area contributed by atoms with Gasteiger partial charge >= 0.3 is 0 Å². The molecule has 2 aromatic carbocycles. The van der Waals surface area contributed by atoms with Crippen LogP contribution in [0.3, 0.4) is 0 Å². The average Bonchev–Trinajstić information content (AvgIpc) is 2.90. The van der Waals surface area contributed by atoms with Gasteiger partial charge in [0, 0.05) is 35.4 Å². The van der Waals surface area contributed by atoms with E-state index in [4.69, 9.17) is 27.2 Å². The van der Waals surface area contributed by atoms with Gasteiger partial charge in [-0.1, -0.05) is 29.8 Å². The second-order valence-electron chi connectivity index (χ2n) is 9.25. The van der Waals surface area contributed by atoms with Crippen molar-refractivity contribution in [1.82, 2.24) is 15.0 Å². The molecule has 5 N–H and O–H groups in total. The van der Waals surface area contributed by atoms with E-state index >= 15 is 0 Å². The highest BCUT2D eigenvalue weighted by Crippen LogP contribution is 2.29. The maximum absolute atomic E-state index is 12.7. The van der Waals surface area contributed by atoms with E-state index < -0.39 is 10.0 Å². The van der Waals surface area contributed by atoms with Gasteiger partial charge in [-0.05, 0) is 74.1 Å². The van der Waals surface area contributed by atoms with Crippen molar-refractivity contribution in [2.45, 2.75) is 49.6 Å². The number of anilines is 2. The van der Waals surface area contributed by atoms with Gasteiger partial charge in [0.15, 0.2) is 0 Å². The van der Waals surface area contributed by atoms with Gasteiger partial charge in [-0.15, -0.1) is 0 Å². The lowest BCUT2D eigenvalue weighted by Crippen LogP contribution is -2.33. The first-order valence-electron chi connectivity index (χ1n) is 12.3. The molecule has 0 bridgehead atoms. The van der Waals surface area contributed by atoms with Crippen molar-refractivity contribution >= 4 is 50.8 Å². The maximum atomic E-state index is 12.7. The number of fused-ring (bicyclic) bond motifs is 1. The van der Waals surface area contributed by atoms with Crippen LogP contribution in [0.5, 0.6) is 0 Å². The standard InChI is InChI=1S/C26H27ClN6O2S.CH2O2/c1-16-12-25(33-36(34,35)24-5-3-2-4-22(24)27)29-15-21(16)17-6-11-23-18(13-17)14-30-26(32-23)31-20-9-7-19(28)8-10-20;2-1-3/h2-6,11-15,19-20H,7-10,28H2,1H3,(H,29,33)(H,30,31,32);1H,(H,2,3). The summed E-state index contributed by atoms with van der Waals surface area (Å²) in [6, 6.07) is 14.6. The van der Waals surface area contributed by atoms with Crippen LogP contribution in [0.15, 0.2) is 65.8 Å². The van der Waals surface area contributed by atoms with Crippen molar-refractivity contribution < 1.29 is 18.3 Å². The van der Waals surface area contributed by atoms with Gasteiger partial charge in [-0.2, -0.15) is 0 Å². The van der Waals surface area contributed by atoms with Crippen molar-refractivity contribution in [3.63, 3.8) is 0 Å². The quantitative estimate of drug-likeness (QED) is 0.239. The van der Waals surface area contributed by atoms with Crippen molar-refractivity contribution in [2.75, 3.05) is 10.0 Å². The molecule has 2 aromatic heterocycles. The van der Waals surface area contributed by atoms with E-state index in [1.807, 2.05) is 31.3 Å². The summed E-state index contributed by atoms with van der Waals surface area (Å²) in [6.07, 6.45) is 7.56. The summed E-state index contributed by atoms with van der Waals surface area (Å²) >= 11 is 6.06. The minimum atomic E-state index is -3.86. The van der Waals surface area contributed by atoms with Crippen LogP contribution in [0.2, 0.25) is 5.02 Å². The van der Waals surface area contributed by atoms with E-state index in [1.165, 1.54) is 12.1 Å². The molecule has 1 aliphatic rings. The number of aryl methyl sites for hydroxylation is 1. The molecule has 1 fully saturated rings. The second kappa shape index (κ2) is 12.4.